The molecular formula is C19H16FN3O2S. The highest BCUT2D eigenvalue weighted by molar-refractivity contribution is 7.99. The van der Waals surface area contributed by atoms with Crippen molar-refractivity contribution in [3.63, 3.8) is 0 Å². The van der Waals surface area contributed by atoms with Crippen LogP contribution in [0.4, 0.5) is 10.1 Å². The summed E-state index contributed by atoms with van der Waals surface area (Å²) in [5.41, 5.74) is 1.82. The van der Waals surface area contributed by atoms with Crippen LogP contribution in [-0.2, 0) is 4.79 Å². The van der Waals surface area contributed by atoms with Gasteiger partial charge in [-0.05, 0) is 48.5 Å². The highest BCUT2D eigenvalue weighted by Gasteiger charge is 2.08. The quantitative estimate of drug-likeness (QED) is 0.665. The van der Waals surface area contributed by atoms with Crippen molar-refractivity contribution >= 4 is 23.4 Å². The molecule has 0 aliphatic rings. The van der Waals surface area contributed by atoms with Crippen LogP contribution in [0.15, 0.2) is 65.7 Å². The molecule has 0 aliphatic carbocycles. The molecule has 26 heavy (non-hydrogen) atoms. The molecule has 2 aromatic carbocycles. The molecule has 0 bridgehead atoms. The molecule has 0 fully saturated rings. The van der Waals surface area contributed by atoms with Gasteiger partial charge in [0.25, 0.3) is 0 Å². The van der Waals surface area contributed by atoms with E-state index in [-0.39, 0.29) is 17.3 Å². The fraction of sp³-hybridized carbons (Fsp3) is 0.105. The predicted octanol–water partition coefficient (Wildman–Crippen LogP) is 4.02. The van der Waals surface area contributed by atoms with Crippen LogP contribution in [0.1, 0.15) is 0 Å². The van der Waals surface area contributed by atoms with Crippen LogP contribution in [-0.4, -0.2) is 29.0 Å². The van der Waals surface area contributed by atoms with Crippen LogP contribution >= 0.6 is 11.8 Å². The maximum absolute atomic E-state index is 13.5. The normalized spacial score (nSPS) is 10.4. The summed E-state index contributed by atoms with van der Waals surface area (Å²) in [4.78, 5) is 11.9. The Hall–Kier alpha value is -2.93. The molecule has 7 heteroatoms. The Morgan fingerprint density at radius 3 is 2.50 bits per heavy atom. The molecule has 3 aromatic rings. The number of anilines is 1. The van der Waals surface area contributed by atoms with E-state index in [4.69, 9.17) is 4.74 Å². The van der Waals surface area contributed by atoms with Crippen molar-refractivity contribution in [2.45, 2.75) is 5.03 Å². The molecule has 1 aromatic heterocycles. The number of hydrogen-bond donors (Lipinski definition) is 1. The second-order valence-electron chi connectivity index (χ2n) is 5.30. The molecule has 1 N–H and O–H groups in total. The van der Waals surface area contributed by atoms with Crippen LogP contribution in [0.25, 0.3) is 11.3 Å². The van der Waals surface area contributed by atoms with E-state index in [9.17, 15) is 9.18 Å². The number of halogens is 1. The fourth-order valence-corrected chi connectivity index (χ4v) is 2.82. The van der Waals surface area contributed by atoms with Gasteiger partial charge in [0.15, 0.2) is 0 Å². The number of benzene rings is 2. The monoisotopic (exact) mass is 369 g/mol. The number of aromatic nitrogens is 2. The lowest BCUT2D eigenvalue weighted by Gasteiger charge is -2.06. The first-order valence-electron chi connectivity index (χ1n) is 7.81. The van der Waals surface area contributed by atoms with E-state index < -0.39 is 5.82 Å². The van der Waals surface area contributed by atoms with Crippen molar-refractivity contribution in [2.75, 3.05) is 18.2 Å². The molecule has 1 heterocycles. The van der Waals surface area contributed by atoms with E-state index in [1.54, 1.807) is 25.3 Å². The largest absolute Gasteiger partial charge is 0.497 e. The van der Waals surface area contributed by atoms with Gasteiger partial charge in [0.2, 0.25) is 5.91 Å². The predicted molar refractivity (Wildman–Crippen MR) is 99.8 cm³/mol. The maximum atomic E-state index is 13.5. The highest BCUT2D eigenvalue weighted by atomic mass is 32.2. The fourth-order valence-electron chi connectivity index (χ4n) is 2.20. The van der Waals surface area contributed by atoms with E-state index in [1.807, 2.05) is 30.3 Å². The van der Waals surface area contributed by atoms with Crippen molar-refractivity contribution < 1.29 is 13.9 Å². The number of para-hydroxylation sites is 1. The Balaban J connectivity index is 1.57. The molecule has 0 saturated heterocycles. The van der Waals surface area contributed by atoms with Gasteiger partial charge in [0.1, 0.15) is 16.6 Å². The summed E-state index contributed by atoms with van der Waals surface area (Å²) in [6, 6.07) is 17.2. The number of amides is 1. The highest BCUT2D eigenvalue weighted by Crippen LogP contribution is 2.22. The van der Waals surface area contributed by atoms with Crippen LogP contribution in [0.2, 0.25) is 0 Å². The molecular weight excluding hydrogens is 353 g/mol. The van der Waals surface area contributed by atoms with E-state index in [0.29, 0.717) is 5.03 Å². The lowest BCUT2D eigenvalue weighted by atomic mass is 10.1. The number of ether oxygens (including phenoxy) is 1. The summed E-state index contributed by atoms with van der Waals surface area (Å²) in [7, 11) is 1.61. The van der Waals surface area contributed by atoms with Crippen LogP contribution in [0.5, 0.6) is 5.75 Å². The lowest BCUT2D eigenvalue weighted by Crippen LogP contribution is -2.15. The number of methoxy groups -OCH3 is 1. The summed E-state index contributed by atoms with van der Waals surface area (Å²) in [6.45, 7) is 0. The Kier molecular flexibility index (Phi) is 5.80. The minimum atomic E-state index is -0.463. The maximum Gasteiger partial charge on any atom is 0.234 e. The number of hydrogen-bond acceptors (Lipinski definition) is 5. The topological polar surface area (TPSA) is 64.1 Å². The number of thioether (sulfide) groups is 1. The average molecular weight is 369 g/mol. The van der Waals surface area contributed by atoms with Gasteiger partial charge in [-0.25, -0.2) is 4.39 Å². The smallest absolute Gasteiger partial charge is 0.234 e. The zero-order valence-corrected chi connectivity index (χ0v) is 14.8. The van der Waals surface area contributed by atoms with Crippen molar-refractivity contribution in [1.29, 1.82) is 0 Å². The Labute approximate surface area is 154 Å². The van der Waals surface area contributed by atoms with Gasteiger partial charge >= 0.3 is 0 Å². The summed E-state index contributed by atoms with van der Waals surface area (Å²) in [5, 5.41) is 11.4. The van der Waals surface area contributed by atoms with Crippen molar-refractivity contribution in [3.8, 4) is 17.0 Å². The van der Waals surface area contributed by atoms with Crippen LogP contribution in [0, 0.1) is 5.82 Å². The number of carbonyl (C=O) groups excluding carboxylic acids is 1. The lowest BCUT2D eigenvalue weighted by molar-refractivity contribution is -0.113. The van der Waals surface area contributed by atoms with Crippen LogP contribution in [0.3, 0.4) is 0 Å². The summed E-state index contributed by atoms with van der Waals surface area (Å²) < 4.78 is 18.6. The first-order chi connectivity index (χ1) is 12.7. The van der Waals surface area contributed by atoms with E-state index in [1.165, 1.54) is 23.9 Å². The Bertz CT molecular complexity index is 886. The molecule has 0 saturated carbocycles. The van der Waals surface area contributed by atoms with Crippen molar-refractivity contribution in [2.24, 2.45) is 0 Å². The van der Waals surface area contributed by atoms with Gasteiger partial charge in [-0.2, -0.15) is 0 Å². The van der Waals surface area contributed by atoms with E-state index in [2.05, 4.69) is 15.5 Å². The summed E-state index contributed by atoms with van der Waals surface area (Å²) >= 11 is 1.24. The first-order valence-corrected chi connectivity index (χ1v) is 8.79. The molecule has 5 nitrogen and oxygen atoms in total. The molecule has 132 valence electrons. The van der Waals surface area contributed by atoms with Gasteiger partial charge in [0.05, 0.1) is 24.2 Å². The van der Waals surface area contributed by atoms with E-state index in [0.717, 1.165) is 17.0 Å². The molecule has 0 spiro atoms. The van der Waals surface area contributed by atoms with Gasteiger partial charge < -0.3 is 10.1 Å². The second kappa shape index (κ2) is 8.44. The molecule has 1 amide bonds. The Morgan fingerprint density at radius 1 is 1.08 bits per heavy atom. The van der Waals surface area contributed by atoms with Gasteiger partial charge in [-0.15, -0.1) is 10.2 Å². The molecule has 0 radical (unpaired) electrons. The number of rotatable bonds is 6. The molecule has 3 rings (SSSR count). The minimum absolute atomic E-state index is 0.116. The zero-order chi connectivity index (χ0) is 18.4. The number of nitrogens with one attached hydrogen (secondary N) is 1. The molecule has 0 unspecified atom stereocenters. The Morgan fingerprint density at radius 2 is 1.85 bits per heavy atom. The average Bonchev–Trinajstić information content (AvgIpc) is 2.69. The standard InChI is InChI=1S/C19H16FN3O2S/c1-25-14-8-6-13(7-9-14)16-10-11-19(23-22-16)26-12-18(24)21-17-5-3-2-4-15(17)20/h2-11H,12H2,1H3,(H,21,24). The number of carbonyl (C=O) groups is 1. The van der Waals surface area contributed by atoms with E-state index >= 15 is 0 Å². The van der Waals surface area contributed by atoms with Gasteiger partial charge in [0, 0.05) is 5.56 Å². The first kappa shape index (κ1) is 17.9. The molecule has 0 aliphatic heterocycles. The zero-order valence-electron chi connectivity index (χ0n) is 14.0. The third-order valence-corrected chi connectivity index (χ3v) is 4.44. The van der Waals surface area contributed by atoms with Crippen molar-refractivity contribution in [3.05, 3.63) is 66.5 Å². The van der Waals surface area contributed by atoms with Gasteiger partial charge in [-0.3, -0.25) is 4.79 Å². The van der Waals surface area contributed by atoms with Crippen molar-refractivity contribution in [1.82, 2.24) is 10.2 Å². The number of nitrogens with zero attached hydrogens (tertiary/aromatic N) is 2. The third-order valence-electron chi connectivity index (χ3n) is 3.52. The molecule has 0 atom stereocenters. The summed E-state index contributed by atoms with van der Waals surface area (Å²) in [5.74, 6) is 0.121. The SMILES string of the molecule is COc1ccc(-c2ccc(SCC(=O)Nc3ccccc3F)nn2)cc1. The third kappa shape index (κ3) is 4.58. The summed E-state index contributed by atoms with van der Waals surface area (Å²) in [6.07, 6.45) is 0. The minimum Gasteiger partial charge on any atom is -0.497 e. The second-order valence-corrected chi connectivity index (χ2v) is 6.30. The van der Waals surface area contributed by atoms with Crippen LogP contribution < -0.4 is 10.1 Å². The van der Waals surface area contributed by atoms with Gasteiger partial charge in [-0.1, -0.05) is 23.9 Å².